The Bertz CT molecular complexity index is 559. The third-order valence-electron chi connectivity index (χ3n) is 4.25. The van der Waals surface area contributed by atoms with Gasteiger partial charge in [-0.15, -0.1) is 0 Å². The number of guanidine groups is 1. The fourth-order valence-electron chi connectivity index (χ4n) is 2.85. The van der Waals surface area contributed by atoms with Gasteiger partial charge in [0.15, 0.2) is 5.96 Å². The van der Waals surface area contributed by atoms with Crippen LogP contribution >= 0.6 is 11.6 Å². The maximum atomic E-state index is 12.0. The summed E-state index contributed by atoms with van der Waals surface area (Å²) in [5.74, 6) is 1.11. The van der Waals surface area contributed by atoms with Crippen LogP contribution in [-0.2, 0) is 11.3 Å². The van der Waals surface area contributed by atoms with Gasteiger partial charge in [0.1, 0.15) is 0 Å². The summed E-state index contributed by atoms with van der Waals surface area (Å²) < 4.78 is 0. The van der Waals surface area contributed by atoms with Gasteiger partial charge in [-0.3, -0.25) is 4.79 Å². The molecule has 0 bridgehead atoms. The molecule has 2 rings (SSSR count). The Labute approximate surface area is 155 Å². The van der Waals surface area contributed by atoms with Crippen LogP contribution in [0.15, 0.2) is 29.3 Å². The zero-order valence-corrected chi connectivity index (χ0v) is 15.8. The average Bonchev–Trinajstić information content (AvgIpc) is 2.82. The molecule has 1 aliphatic heterocycles. The number of nitrogens with zero attached hydrogens (tertiary/aromatic N) is 2. The molecule has 1 amide bonds. The predicted molar refractivity (Wildman–Crippen MR) is 104 cm³/mol. The molecule has 1 fully saturated rings. The van der Waals surface area contributed by atoms with Crippen LogP contribution in [0.4, 0.5) is 0 Å². The highest BCUT2D eigenvalue weighted by Crippen LogP contribution is 2.11. The Kier molecular flexibility index (Phi) is 8.60. The van der Waals surface area contributed by atoms with Crippen LogP contribution in [0.2, 0.25) is 5.02 Å². The zero-order chi connectivity index (χ0) is 17.9. The van der Waals surface area contributed by atoms with Gasteiger partial charge >= 0.3 is 0 Å². The first-order valence-electron chi connectivity index (χ1n) is 9.23. The summed E-state index contributed by atoms with van der Waals surface area (Å²) in [5, 5.41) is 7.34. The van der Waals surface area contributed by atoms with Crippen LogP contribution in [0.1, 0.15) is 44.6 Å². The highest BCUT2D eigenvalue weighted by atomic mass is 35.5. The van der Waals surface area contributed by atoms with Crippen LogP contribution in [-0.4, -0.2) is 42.9 Å². The minimum absolute atomic E-state index is 0.306. The topological polar surface area (TPSA) is 56.7 Å². The molecule has 6 heteroatoms. The van der Waals surface area contributed by atoms with E-state index in [9.17, 15) is 4.79 Å². The van der Waals surface area contributed by atoms with Gasteiger partial charge in [0.25, 0.3) is 0 Å². The van der Waals surface area contributed by atoms with Crippen molar-refractivity contribution in [2.75, 3.05) is 26.2 Å². The van der Waals surface area contributed by atoms with Gasteiger partial charge in [-0.2, -0.15) is 0 Å². The first-order valence-corrected chi connectivity index (χ1v) is 9.61. The van der Waals surface area contributed by atoms with Crippen LogP contribution in [0, 0.1) is 0 Å². The predicted octanol–water partition coefficient (Wildman–Crippen LogP) is 3.19. The van der Waals surface area contributed by atoms with Gasteiger partial charge in [0, 0.05) is 37.6 Å². The van der Waals surface area contributed by atoms with Gasteiger partial charge in [0.2, 0.25) is 5.91 Å². The minimum atomic E-state index is 0.306. The van der Waals surface area contributed by atoms with Gasteiger partial charge in [0.05, 0.1) is 6.54 Å². The number of benzene rings is 1. The lowest BCUT2D eigenvalue weighted by molar-refractivity contribution is -0.130. The highest BCUT2D eigenvalue weighted by Gasteiger charge is 2.15. The van der Waals surface area contributed by atoms with E-state index in [4.69, 9.17) is 11.6 Å². The van der Waals surface area contributed by atoms with Gasteiger partial charge in [-0.1, -0.05) is 30.2 Å². The Morgan fingerprint density at radius 3 is 2.76 bits per heavy atom. The van der Waals surface area contributed by atoms with Gasteiger partial charge < -0.3 is 15.5 Å². The number of aliphatic imine (C=N–C) groups is 1. The van der Waals surface area contributed by atoms with Crippen molar-refractivity contribution in [3.05, 3.63) is 34.9 Å². The first kappa shape index (κ1) is 19.6. The number of halogens is 1. The monoisotopic (exact) mass is 364 g/mol. The molecule has 138 valence electrons. The summed E-state index contributed by atoms with van der Waals surface area (Å²) >= 11 is 5.90. The van der Waals surface area contributed by atoms with E-state index in [-0.39, 0.29) is 0 Å². The van der Waals surface area contributed by atoms with Crippen LogP contribution in [0.5, 0.6) is 0 Å². The molecule has 1 aromatic carbocycles. The summed E-state index contributed by atoms with van der Waals surface area (Å²) in [5.41, 5.74) is 1.12. The molecule has 1 heterocycles. The number of likely N-dealkylation sites (tertiary alicyclic amines) is 1. The highest BCUT2D eigenvalue weighted by molar-refractivity contribution is 6.30. The van der Waals surface area contributed by atoms with E-state index >= 15 is 0 Å². The molecule has 0 unspecified atom stereocenters. The molecule has 0 atom stereocenters. The quantitative estimate of drug-likeness (QED) is 0.444. The van der Waals surface area contributed by atoms with Crippen molar-refractivity contribution in [3.63, 3.8) is 0 Å². The van der Waals surface area contributed by atoms with E-state index in [2.05, 4.69) is 22.5 Å². The molecular weight excluding hydrogens is 336 g/mol. The number of hydrogen-bond donors (Lipinski definition) is 2. The van der Waals surface area contributed by atoms with Crippen molar-refractivity contribution in [2.24, 2.45) is 4.99 Å². The largest absolute Gasteiger partial charge is 0.357 e. The smallest absolute Gasteiger partial charge is 0.222 e. The van der Waals surface area contributed by atoms with Crippen molar-refractivity contribution in [1.29, 1.82) is 0 Å². The molecular formula is C19H29ClN4O. The maximum Gasteiger partial charge on any atom is 0.222 e. The van der Waals surface area contributed by atoms with Crippen molar-refractivity contribution in [3.8, 4) is 0 Å². The summed E-state index contributed by atoms with van der Waals surface area (Å²) in [7, 11) is 0. The number of hydrogen-bond acceptors (Lipinski definition) is 2. The fraction of sp³-hybridized carbons (Fsp3) is 0.579. The Morgan fingerprint density at radius 2 is 2.00 bits per heavy atom. The summed E-state index contributed by atoms with van der Waals surface area (Å²) in [6, 6.07) is 7.73. The number of rotatable bonds is 7. The second-order valence-electron chi connectivity index (χ2n) is 6.29. The van der Waals surface area contributed by atoms with Crippen molar-refractivity contribution < 1.29 is 4.79 Å². The molecule has 1 saturated heterocycles. The summed E-state index contributed by atoms with van der Waals surface area (Å²) in [6.07, 6.45) is 4.97. The molecule has 0 aromatic heterocycles. The zero-order valence-electron chi connectivity index (χ0n) is 15.1. The van der Waals surface area contributed by atoms with Crippen molar-refractivity contribution in [2.45, 2.75) is 45.6 Å². The summed E-state index contributed by atoms with van der Waals surface area (Å²) in [4.78, 5) is 18.6. The second-order valence-corrected chi connectivity index (χ2v) is 6.73. The van der Waals surface area contributed by atoms with E-state index in [1.54, 1.807) is 0 Å². The summed E-state index contributed by atoms with van der Waals surface area (Å²) in [6.45, 7) is 6.01. The number of carbonyl (C=O) groups excluding carboxylic acids is 1. The number of nitrogens with one attached hydrogen (secondary N) is 2. The lowest BCUT2D eigenvalue weighted by atomic mass is 10.2. The third kappa shape index (κ3) is 7.34. The standard InChI is InChI=1S/C19H29ClN4O/c1-2-21-19(23-15-16-8-10-17(20)11-9-16)22-12-6-14-24-13-5-3-4-7-18(24)25/h8-11H,2-7,12-15H2,1H3,(H2,21,22,23). The van der Waals surface area contributed by atoms with E-state index in [0.29, 0.717) is 18.9 Å². The molecule has 0 radical (unpaired) electrons. The number of amides is 1. The molecule has 0 aliphatic carbocycles. The van der Waals surface area contributed by atoms with Crippen LogP contribution in [0.25, 0.3) is 0 Å². The SMILES string of the molecule is CCNC(=NCc1ccc(Cl)cc1)NCCCN1CCCCCC1=O. The van der Waals surface area contributed by atoms with Crippen molar-refractivity contribution >= 4 is 23.5 Å². The van der Waals surface area contributed by atoms with Gasteiger partial charge in [-0.25, -0.2) is 4.99 Å². The fourth-order valence-corrected chi connectivity index (χ4v) is 2.98. The molecule has 0 saturated carbocycles. The maximum absolute atomic E-state index is 12.0. The van der Waals surface area contributed by atoms with Crippen LogP contribution < -0.4 is 10.6 Å². The van der Waals surface area contributed by atoms with E-state index in [0.717, 1.165) is 62.0 Å². The van der Waals surface area contributed by atoms with Crippen molar-refractivity contribution in [1.82, 2.24) is 15.5 Å². The van der Waals surface area contributed by atoms with Crippen LogP contribution in [0.3, 0.4) is 0 Å². The van der Waals surface area contributed by atoms with E-state index < -0.39 is 0 Å². The lowest BCUT2D eigenvalue weighted by Crippen LogP contribution is -2.39. The number of carbonyl (C=O) groups is 1. The molecule has 5 nitrogen and oxygen atoms in total. The molecule has 2 N–H and O–H groups in total. The molecule has 25 heavy (non-hydrogen) atoms. The Morgan fingerprint density at radius 1 is 1.20 bits per heavy atom. The molecule has 1 aliphatic rings. The molecule has 0 spiro atoms. The Balaban J connectivity index is 1.75. The normalized spacial score (nSPS) is 15.8. The average molecular weight is 365 g/mol. The van der Waals surface area contributed by atoms with Gasteiger partial charge in [-0.05, 0) is 43.9 Å². The van der Waals surface area contributed by atoms with E-state index in [1.807, 2.05) is 29.2 Å². The minimum Gasteiger partial charge on any atom is -0.357 e. The molecule has 1 aromatic rings. The first-order chi connectivity index (χ1) is 12.2. The second kappa shape index (κ2) is 11.0. The third-order valence-corrected chi connectivity index (χ3v) is 4.50. The van der Waals surface area contributed by atoms with E-state index in [1.165, 1.54) is 6.42 Å². The Hall–Kier alpha value is -1.75. The lowest BCUT2D eigenvalue weighted by Gasteiger charge is -2.20.